The predicted molar refractivity (Wildman–Crippen MR) is 91.2 cm³/mol. The summed E-state index contributed by atoms with van der Waals surface area (Å²) in [7, 11) is 1.86. The van der Waals surface area contributed by atoms with Crippen molar-refractivity contribution in [2.24, 2.45) is 7.05 Å². The first-order valence-electron chi connectivity index (χ1n) is 7.78. The van der Waals surface area contributed by atoms with Gasteiger partial charge in [-0.15, -0.1) is 0 Å². The molecule has 0 spiro atoms. The summed E-state index contributed by atoms with van der Waals surface area (Å²) in [4.78, 5) is 17.3. The van der Waals surface area contributed by atoms with Gasteiger partial charge in [-0.2, -0.15) is 5.10 Å². The third kappa shape index (κ3) is 3.08. The highest BCUT2D eigenvalue weighted by Crippen LogP contribution is 2.24. The summed E-state index contributed by atoms with van der Waals surface area (Å²) in [6.45, 7) is 4.06. The lowest BCUT2D eigenvalue weighted by Gasteiger charge is -2.13. The van der Waals surface area contributed by atoms with Crippen LogP contribution in [-0.2, 0) is 7.05 Å². The monoisotopic (exact) mass is 308 g/mol. The van der Waals surface area contributed by atoms with Crippen molar-refractivity contribution in [1.29, 1.82) is 0 Å². The summed E-state index contributed by atoms with van der Waals surface area (Å²) in [5, 5.41) is 8.08. The fourth-order valence-corrected chi connectivity index (χ4v) is 2.47. The van der Waals surface area contributed by atoms with Gasteiger partial charge in [-0.3, -0.25) is 9.48 Å². The maximum absolute atomic E-state index is 12.7. The second kappa shape index (κ2) is 6.20. The molecule has 3 rings (SSSR count). The van der Waals surface area contributed by atoms with Crippen molar-refractivity contribution in [1.82, 2.24) is 20.1 Å². The highest BCUT2D eigenvalue weighted by Gasteiger charge is 2.15. The molecule has 3 aromatic rings. The molecule has 0 bridgehead atoms. The van der Waals surface area contributed by atoms with Crippen LogP contribution in [0.2, 0.25) is 0 Å². The number of aromatic nitrogens is 3. The molecule has 5 nitrogen and oxygen atoms in total. The van der Waals surface area contributed by atoms with Gasteiger partial charge in [-0.25, -0.2) is 4.98 Å². The Balaban J connectivity index is 2.13. The minimum absolute atomic E-state index is 0.0666. The number of para-hydroxylation sites is 1. The maximum Gasteiger partial charge on any atom is 0.252 e. The van der Waals surface area contributed by atoms with E-state index in [0.29, 0.717) is 5.56 Å². The van der Waals surface area contributed by atoms with E-state index in [1.807, 2.05) is 50.5 Å². The number of fused-ring (bicyclic) bond motifs is 1. The normalized spacial score (nSPS) is 12.3. The topological polar surface area (TPSA) is 59.8 Å². The Labute approximate surface area is 135 Å². The van der Waals surface area contributed by atoms with E-state index in [9.17, 15) is 4.79 Å². The standard InChI is InChI=1S/C18H20N4O/c1-4-12(2)20-18(23)15-9-17(13-10-19-22(3)11-13)21-16-8-6-5-7-14(15)16/h5-12H,4H2,1-3H3,(H,20,23). The van der Waals surface area contributed by atoms with E-state index in [0.717, 1.165) is 28.6 Å². The van der Waals surface area contributed by atoms with Crippen LogP contribution in [0.15, 0.2) is 42.7 Å². The first kappa shape index (κ1) is 15.2. The first-order chi connectivity index (χ1) is 11.1. The van der Waals surface area contributed by atoms with Crippen molar-refractivity contribution in [3.8, 4) is 11.3 Å². The van der Waals surface area contributed by atoms with E-state index in [2.05, 4.69) is 22.3 Å². The minimum Gasteiger partial charge on any atom is -0.350 e. The molecule has 1 amide bonds. The molecule has 0 radical (unpaired) electrons. The molecule has 2 heterocycles. The van der Waals surface area contributed by atoms with Gasteiger partial charge >= 0.3 is 0 Å². The average molecular weight is 308 g/mol. The molecule has 2 aromatic heterocycles. The molecule has 0 saturated carbocycles. The Morgan fingerprint density at radius 1 is 1.35 bits per heavy atom. The van der Waals surface area contributed by atoms with Crippen LogP contribution >= 0.6 is 0 Å². The lowest BCUT2D eigenvalue weighted by atomic mass is 10.0. The van der Waals surface area contributed by atoms with Gasteiger partial charge in [0.05, 0.1) is 23.0 Å². The van der Waals surface area contributed by atoms with Crippen molar-refractivity contribution in [2.75, 3.05) is 0 Å². The fraction of sp³-hybridized carbons (Fsp3) is 0.278. The van der Waals surface area contributed by atoms with Crippen LogP contribution in [0.25, 0.3) is 22.2 Å². The maximum atomic E-state index is 12.7. The molecule has 0 aliphatic heterocycles. The molecule has 0 aliphatic carbocycles. The van der Waals surface area contributed by atoms with E-state index < -0.39 is 0 Å². The van der Waals surface area contributed by atoms with Crippen molar-refractivity contribution in [2.45, 2.75) is 26.3 Å². The fourth-order valence-electron chi connectivity index (χ4n) is 2.47. The second-order valence-corrected chi connectivity index (χ2v) is 5.76. The molecule has 5 heteroatoms. The SMILES string of the molecule is CCC(C)NC(=O)c1cc(-c2cnn(C)c2)nc2ccccc12. The number of hydrogen-bond acceptors (Lipinski definition) is 3. The number of rotatable bonds is 4. The van der Waals surface area contributed by atoms with Gasteiger partial charge in [-0.1, -0.05) is 25.1 Å². The van der Waals surface area contributed by atoms with Gasteiger partial charge in [0.1, 0.15) is 0 Å². The largest absolute Gasteiger partial charge is 0.350 e. The van der Waals surface area contributed by atoms with Crippen LogP contribution in [0.4, 0.5) is 0 Å². The summed E-state index contributed by atoms with van der Waals surface area (Å²) >= 11 is 0. The lowest BCUT2D eigenvalue weighted by Crippen LogP contribution is -2.32. The van der Waals surface area contributed by atoms with E-state index in [1.165, 1.54) is 0 Å². The van der Waals surface area contributed by atoms with Crippen LogP contribution in [0.1, 0.15) is 30.6 Å². The molecule has 118 valence electrons. The van der Waals surface area contributed by atoms with E-state index in [1.54, 1.807) is 10.9 Å². The molecular weight excluding hydrogens is 288 g/mol. The van der Waals surface area contributed by atoms with Gasteiger partial charge in [-0.05, 0) is 25.5 Å². The lowest BCUT2D eigenvalue weighted by molar-refractivity contribution is 0.0941. The van der Waals surface area contributed by atoms with Crippen LogP contribution in [-0.4, -0.2) is 26.7 Å². The number of amides is 1. The van der Waals surface area contributed by atoms with E-state index >= 15 is 0 Å². The molecule has 0 aliphatic rings. The third-order valence-electron chi connectivity index (χ3n) is 3.95. The van der Waals surface area contributed by atoms with E-state index in [-0.39, 0.29) is 11.9 Å². The number of benzene rings is 1. The summed E-state index contributed by atoms with van der Waals surface area (Å²) in [6, 6.07) is 9.69. The molecule has 1 N–H and O–H groups in total. The van der Waals surface area contributed by atoms with Crippen molar-refractivity contribution in [3.05, 3.63) is 48.3 Å². The molecular formula is C18H20N4O. The Bertz CT molecular complexity index is 853. The van der Waals surface area contributed by atoms with Crippen molar-refractivity contribution >= 4 is 16.8 Å². The molecule has 1 unspecified atom stereocenters. The number of hydrogen-bond donors (Lipinski definition) is 1. The first-order valence-corrected chi connectivity index (χ1v) is 7.78. The number of pyridine rings is 1. The van der Waals surface area contributed by atoms with Gasteiger partial charge in [0, 0.05) is 30.2 Å². The van der Waals surface area contributed by atoms with Gasteiger partial charge in [0.25, 0.3) is 5.91 Å². The Kier molecular flexibility index (Phi) is 4.10. The van der Waals surface area contributed by atoms with Crippen molar-refractivity contribution < 1.29 is 4.79 Å². The molecule has 1 atom stereocenters. The summed E-state index contributed by atoms with van der Waals surface area (Å²) in [5.41, 5.74) is 3.11. The smallest absolute Gasteiger partial charge is 0.252 e. The zero-order valence-electron chi connectivity index (χ0n) is 13.6. The molecule has 23 heavy (non-hydrogen) atoms. The number of carbonyl (C=O) groups is 1. The second-order valence-electron chi connectivity index (χ2n) is 5.76. The number of nitrogens with zero attached hydrogens (tertiary/aromatic N) is 3. The summed E-state index contributed by atoms with van der Waals surface area (Å²) < 4.78 is 1.73. The highest BCUT2D eigenvalue weighted by molar-refractivity contribution is 6.07. The minimum atomic E-state index is -0.0666. The predicted octanol–water partition coefficient (Wildman–Crippen LogP) is 3.16. The summed E-state index contributed by atoms with van der Waals surface area (Å²) in [6.07, 6.45) is 4.55. The van der Waals surface area contributed by atoms with Gasteiger partial charge in [0.15, 0.2) is 0 Å². The molecule has 0 saturated heterocycles. The molecule has 1 aromatic carbocycles. The van der Waals surface area contributed by atoms with Crippen LogP contribution in [0, 0.1) is 0 Å². The zero-order chi connectivity index (χ0) is 16.4. The van der Waals surface area contributed by atoms with Crippen LogP contribution < -0.4 is 5.32 Å². The van der Waals surface area contributed by atoms with Crippen LogP contribution in [0.3, 0.4) is 0 Å². The number of nitrogens with one attached hydrogen (secondary N) is 1. The third-order valence-corrected chi connectivity index (χ3v) is 3.95. The van der Waals surface area contributed by atoms with Crippen molar-refractivity contribution in [3.63, 3.8) is 0 Å². The molecule has 0 fully saturated rings. The van der Waals surface area contributed by atoms with E-state index in [4.69, 9.17) is 0 Å². The summed E-state index contributed by atoms with van der Waals surface area (Å²) in [5.74, 6) is -0.0666. The van der Waals surface area contributed by atoms with Crippen LogP contribution in [0.5, 0.6) is 0 Å². The Morgan fingerprint density at radius 3 is 2.83 bits per heavy atom. The number of aryl methyl sites for hydroxylation is 1. The zero-order valence-corrected chi connectivity index (χ0v) is 13.6. The van der Waals surface area contributed by atoms with Gasteiger partial charge in [0.2, 0.25) is 0 Å². The average Bonchev–Trinajstić information content (AvgIpc) is 3.00. The quantitative estimate of drug-likeness (QED) is 0.805. The van der Waals surface area contributed by atoms with Gasteiger partial charge < -0.3 is 5.32 Å². The Morgan fingerprint density at radius 2 is 2.13 bits per heavy atom. The Hall–Kier alpha value is -2.69. The highest BCUT2D eigenvalue weighted by atomic mass is 16.1. The number of carbonyl (C=O) groups excluding carboxylic acids is 1.